The Morgan fingerprint density at radius 3 is 2.25 bits per heavy atom. The van der Waals surface area contributed by atoms with Crippen molar-refractivity contribution in [3.05, 3.63) is 5.21 Å². The number of carbonyl (C=O) groups is 1. The molecule has 1 fully saturated rings. The van der Waals surface area contributed by atoms with Gasteiger partial charge in [-0.05, 0) is 27.7 Å². The summed E-state index contributed by atoms with van der Waals surface area (Å²) < 4.78 is 0. The molecule has 1 amide bonds. The Labute approximate surface area is 119 Å². The standard InChI is InChI=1S/C13H26N2O5/c1-12(2)5-8(13(3,4)15(12)20)11(19)14-9(6-16)10(18)7-17/h8-10,15-18H,5-7H2,1-4H3,(H,14,19). The summed E-state index contributed by atoms with van der Waals surface area (Å²) in [4.78, 5) is 12.3. The zero-order valence-electron chi connectivity index (χ0n) is 12.5. The van der Waals surface area contributed by atoms with Crippen LogP contribution in [0, 0.1) is 11.1 Å². The maximum Gasteiger partial charge on any atom is 0.230 e. The van der Waals surface area contributed by atoms with Crippen LogP contribution in [0.25, 0.3) is 0 Å². The molecule has 1 heterocycles. The van der Waals surface area contributed by atoms with Crippen molar-refractivity contribution in [2.45, 2.75) is 57.3 Å². The first-order chi connectivity index (χ1) is 9.07. The molecule has 118 valence electrons. The molecule has 7 heteroatoms. The van der Waals surface area contributed by atoms with Gasteiger partial charge in [0.2, 0.25) is 5.91 Å². The monoisotopic (exact) mass is 290 g/mol. The third-order valence-corrected chi connectivity index (χ3v) is 4.28. The third kappa shape index (κ3) is 3.12. The average molecular weight is 290 g/mol. The average Bonchev–Trinajstić information content (AvgIpc) is 2.55. The number of aliphatic hydroxyl groups excluding tert-OH is 3. The highest BCUT2D eigenvalue weighted by molar-refractivity contribution is 5.80. The minimum absolute atomic E-state index is 0.0356. The topological polar surface area (TPSA) is 117 Å². The van der Waals surface area contributed by atoms with Crippen LogP contribution in [0.15, 0.2) is 0 Å². The number of nitrogens with one attached hydrogen (secondary N) is 2. The zero-order valence-corrected chi connectivity index (χ0v) is 12.5. The van der Waals surface area contributed by atoms with Crippen molar-refractivity contribution in [2.75, 3.05) is 13.2 Å². The molecule has 0 aromatic heterocycles. The van der Waals surface area contributed by atoms with Gasteiger partial charge < -0.3 is 30.9 Å². The highest BCUT2D eigenvalue weighted by Crippen LogP contribution is 2.31. The van der Waals surface area contributed by atoms with Crippen LogP contribution in [0.2, 0.25) is 0 Å². The first kappa shape index (κ1) is 17.3. The second-order valence-electron chi connectivity index (χ2n) is 6.74. The quantitative estimate of drug-likeness (QED) is 0.368. The van der Waals surface area contributed by atoms with Gasteiger partial charge in [0, 0.05) is 6.42 Å². The van der Waals surface area contributed by atoms with Crippen molar-refractivity contribution >= 4 is 5.91 Å². The van der Waals surface area contributed by atoms with Crippen molar-refractivity contribution in [1.29, 1.82) is 0 Å². The van der Waals surface area contributed by atoms with E-state index in [0.29, 0.717) is 6.42 Å². The van der Waals surface area contributed by atoms with E-state index in [1.165, 1.54) is 0 Å². The van der Waals surface area contributed by atoms with E-state index in [0.717, 1.165) is 0 Å². The van der Waals surface area contributed by atoms with Crippen LogP contribution in [0.3, 0.4) is 0 Å². The number of rotatable bonds is 5. The minimum Gasteiger partial charge on any atom is -0.634 e. The van der Waals surface area contributed by atoms with Crippen LogP contribution in [-0.4, -0.2) is 57.7 Å². The lowest BCUT2D eigenvalue weighted by molar-refractivity contribution is -0.933. The molecule has 0 aromatic carbocycles. The van der Waals surface area contributed by atoms with Crippen molar-refractivity contribution in [3.8, 4) is 0 Å². The van der Waals surface area contributed by atoms with Gasteiger partial charge in [0.25, 0.3) is 0 Å². The molecular weight excluding hydrogens is 264 g/mol. The Balaban J connectivity index is 2.82. The van der Waals surface area contributed by atoms with Crippen molar-refractivity contribution in [3.63, 3.8) is 0 Å². The van der Waals surface area contributed by atoms with Gasteiger partial charge in [-0.1, -0.05) is 0 Å². The molecular formula is C13H26N2O5. The minimum atomic E-state index is -1.22. The summed E-state index contributed by atoms with van der Waals surface area (Å²) in [7, 11) is 0. The first-order valence-corrected chi connectivity index (χ1v) is 6.83. The second kappa shape index (κ2) is 5.95. The predicted octanol–water partition coefficient (Wildman–Crippen LogP) is -2.22. The van der Waals surface area contributed by atoms with Gasteiger partial charge in [0.1, 0.15) is 5.54 Å². The number of hydrogen-bond donors (Lipinski definition) is 5. The molecule has 1 saturated heterocycles. The number of quaternary nitrogens is 1. The van der Waals surface area contributed by atoms with E-state index < -0.39 is 42.4 Å². The molecule has 1 aliphatic rings. The van der Waals surface area contributed by atoms with Gasteiger partial charge in [-0.25, -0.2) is 0 Å². The Morgan fingerprint density at radius 2 is 1.90 bits per heavy atom. The van der Waals surface area contributed by atoms with Crippen LogP contribution < -0.4 is 10.4 Å². The van der Waals surface area contributed by atoms with Crippen LogP contribution in [0.1, 0.15) is 34.1 Å². The summed E-state index contributed by atoms with van der Waals surface area (Å²) in [6.45, 7) is 6.09. The third-order valence-electron chi connectivity index (χ3n) is 4.28. The highest BCUT2D eigenvalue weighted by Gasteiger charge is 2.55. The molecule has 0 aliphatic carbocycles. The molecule has 0 saturated carbocycles. The van der Waals surface area contributed by atoms with Gasteiger partial charge in [0.05, 0.1) is 36.8 Å². The largest absolute Gasteiger partial charge is 0.634 e. The first-order valence-electron chi connectivity index (χ1n) is 6.83. The second-order valence-corrected chi connectivity index (χ2v) is 6.74. The molecule has 5 N–H and O–H groups in total. The smallest absolute Gasteiger partial charge is 0.230 e. The number of carbonyl (C=O) groups excluding carboxylic acids is 1. The molecule has 20 heavy (non-hydrogen) atoms. The summed E-state index contributed by atoms with van der Waals surface area (Å²) in [5.41, 5.74) is -1.34. The van der Waals surface area contributed by atoms with Crippen molar-refractivity contribution in [2.24, 2.45) is 5.92 Å². The molecule has 0 bridgehead atoms. The molecule has 4 unspecified atom stereocenters. The summed E-state index contributed by atoms with van der Waals surface area (Å²) >= 11 is 0. The van der Waals surface area contributed by atoms with Gasteiger partial charge >= 0.3 is 0 Å². The highest BCUT2D eigenvalue weighted by atomic mass is 16.5. The predicted molar refractivity (Wildman–Crippen MR) is 72.7 cm³/mol. The fraction of sp³-hybridized carbons (Fsp3) is 0.923. The lowest BCUT2D eigenvalue weighted by Crippen LogP contribution is -3.19. The van der Waals surface area contributed by atoms with E-state index in [1.807, 2.05) is 13.8 Å². The summed E-state index contributed by atoms with van der Waals surface area (Å²) in [5, 5.41) is 42.4. The summed E-state index contributed by atoms with van der Waals surface area (Å²) in [6.07, 6.45) is -0.796. The van der Waals surface area contributed by atoms with Gasteiger partial charge in [-0.2, -0.15) is 0 Å². The Kier molecular flexibility index (Phi) is 5.15. The molecule has 1 rings (SSSR count). The van der Waals surface area contributed by atoms with Crippen molar-refractivity contribution < 1.29 is 25.2 Å². The summed E-state index contributed by atoms with van der Waals surface area (Å²) in [5.74, 6) is -0.884. The van der Waals surface area contributed by atoms with Crippen LogP contribution in [-0.2, 0) is 4.79 Å². The van der Waals surface area contributed by atoms with E-state index in [4.69, 9.17) is 10.2 Å². The zero-order chi connectivity index (χ0) is 15.7. The number of hydrogen-bond acceptors (Lipinski definition) is 5. The molecule has 0 aromatic rings. The molecule has 4 atom stereocenters. The Bertz CT molecular complexity index is 359. The lowest BCUT2D eigenvalue weighted by atomic mass is 9.86. The number of aliphatic hydroxyl groups is 3. The molecule has 1 aliphatic heterocycles. The lowest BCUT2D eigenvalue weighted by Gasteiger charge is -2.41. The summed E-state index contributed by atoms with van der Waals surface area (Å²) in [6, 6.07) is -0.929. The molecule has 0 spiro atoms. The van der Waals surface area contributed by atoms with Crippen molar-refractivity contribution in [1.82, 2.24) is 5.32 Å². The van der Waals surface area contributed by atoms with E-state index in [1.54, 1.807) is 13.8 Å². The fourth-order valence-electron chi connectivity index (χ4n) is 2.98. The SMILES string of the molecule is CC1(C)CC(C(=O)NC(CO)C(O)CO)C(C)(C)[NH+]1[O-]. The molecule has 0 radical (unpaired) electrons. The van der Waals surface area contributed by atoms with Crippen LogP contribution in [0.4, 0.5) is 0 Å². The number of amides is 1. The van der Waals surface area contributed by atoms with E-state index in [-0.39, 0.29) is 11.0 Å². The Morgan fingerprint density at radius 1 is 1.35 bits per heavy atom. The van der Waals surface area contributed by atoms with Crippen LogP contribution >= 0.6 is 0 Å². The maximum atomic E-state index is 12.3. The van der Waals surface area contributed by atoms with E-state index >= 15 is 0 Å². The fourth-order valence-corrected chi connectivity index (χ4v) is 2.98. The maximum absolute atomic E-state index is 12.3. The number of hydroxylamine groups is 2. The van der Waals surface area contributed by atoms with Gasteiger partial charge in [0.15, 0.2) is 0 Å². The molecule has 7 nitrogen and oxygen atoms in total. The van der Waals surface area contributed by atoms with Crippen LogP contribution in [0.5, 0.6) is 0 Å². The Hall–Kier alpha value is -0.730. The van der Waals surface area contributed by atoms with Gasteiger partial charge in [-0.3, -0.25) is 4.79 Å². The normalized spacial score (nSPS) is 30.8. The van der Waals surface area contributed by atoms with Gasteiger partial charge in [-0.15, -0.1) is 0 Å². The van der Waals surface area contributed by atoms with E-state index in [2.05, 4.69) is 5.32 Å². The van der Waals surface area contributed by atoms with E-state index in [9.17, 15) is 15.1 Å².